The lowest BCUT2D eigenvalue weighted by atomic mass is 10.2. The van der Waals surface area contributed by atoms with Gasteiger partial charge in [0.1, 0.15) is 15.7 Å². The minimum Gasteiger partial charge on any atom is -0.419 e. The van der Waals surface area contributed by atoms with Crippen molar-refractivity contribution in [1.82, 2.24) is 20.2 Å². The maximum Gasteiger partial charge on any atom is 0.269 e. The number of thiophene rings is 1. The lowest BCUT2D eigenvalue weighted by Crippen LogP contribution is -1.94. The molecule has 0 N–H and O–H groups in total. The van der Waals surface area contributed by atoms with Gasteiger partial charge < -0.3 is 4.42 Å². The Morgan fingerprint density at radius 1 is 1.03 bits per heavy atom. The number of nitro groups is 1. The molecule has 164 valence electrons. The molecular formula is C23H17N5O3S2. The molecule has 0 aliphatic carbocycles. The zero-order valence-corrected chi connectivity index (χ0v) is 19.3. The van der Waals surface area contributed by atoms with Gasteiger partial charge in [-0.3, -0.25) is 10.1 Å². The van der Waals surface area contributed by atoms with Gasteiger partial charge in [-0.1, -0.05) is 42.1 Å². The van der Waals surface area contributed by atoms with Gasteiger partial charge in [0.2, 0.25) is 11.8 Å². The van der Waals surface area contributed by atoms with E-state index < -0.39 is 4.92 Å². The Bertz CT molecular complexity index is 1450. The average Bonchev–Trinajstić information content (AvgIpc) is 3.47. The van der Waals surface area contributed by atoms with Crippen LogP contribution in [-0.2, 0) is 0 Å². The van der Waals surface area contributed by atoms with Gasteiger partial charge in [-0.15, -0.1) is 21.5 Å². The summed E-state index contributed by atoms with van der Waals surface area (Å²) in [5.74, 6) is 1.48. The normalized spacial score (nSPS) is 12.2. The van der Waals surface area contributed by atoms with Gasteiger partial charge in [-0.2, -0.15) is 0 Å². The topological polar surface area (TPSA) is 108 Å². The molecule has 3 aromatic heterocycles. The Hall–Kier alpha value is -3.63. The van der Waals surface area contributed by atoms with Crippen molar-refractivity contribution in [3.63, 3.8) is 0 Å². The van der Waals surface area contributed by atoms with Crippen LogP contribution in [0.4, 0.5) is 5.69 Å². The largest absolute Gasteiger partial charge is 0.419 e. The second kappa shape index (κ2) is 8.72. The summed E-state index contributed by atoms with van der Waals surface area (Å²) in [6, 6.07) is 18.4. The summed E-state index contributed by atoms with van der Waals surface area (Å²) >= 11 is 3.18. The number of non-ortho nitro benzene ring substituents is 1. The molecule has 0 saturated heterocycles. The number of nitro benzene ring substituents is 1. The Kier molecular flexibility index (Phi) is 5.61. The molecule has 5 rings (SSSR count). The smallest absolute Gasteiger partial charge is 0.269 e. The summed E-state index contributed by atoms with van der Waals surface area (Å²) in [6.45, 7) is 3.86. The summed E-state index contributed by atoms with van der Waals surface area (Å²) in [4.78, 5) is 21.8. The molecular weight excluding hydrogens is 458 g/mol. The lowest BCUT2D eigenvalue weighted by Gasteiger charge is -2.07. The van der Waals surface area contributed by atoms with E-state index in [1.807, 2.05) is 32.0 Å². The second-order valence-corrected chi connectivity index (χ2v) is 9.64. The van der Waals surface area contributed by atoms with Crippen LogP contribution >= 0.6 is 23.1 Å². The van der Waals surface area contributed by atoms with Gasteiger partial charge in [0.05, 0.1) is 10.2 Å². The molecule has 0 spiro atoms. The fraction of sp³-hybridized carbons (Fsp3) is 0.130. The third-order valence-corrected chi connectivity index (χ3v) is 7.10. The number of aryl methyl sites for hydroxylation is 1. The minimum atomic E-state index is -0.445. The Balaban J connectivity index is 1.42. The number of benzene rings is 2. The van der Waals surface area contributed by atoms with E-state index in [0.717, 1.165) is 25.7 Å². The first-order valence-corrected chi connectivity index (χ1v) is 11.8. The van der Waals surface area contributed by atoms with E-state index in [-0.39, 0.29) is 10.9 Å². The predicted molar refractivity (Wildman–Crippen MR) is 128 cm³/mol. The van der Waals surface area contributed by atoms with Crippen LogP contribution in [0.2, 0.25) is 0 Å². The van der Waals surface area contributed by atoms with Crippen LogP contribution in [0, 0.1) is 17.0 Å². The van der Waals surface area contributed by atoms with Crippen molar-refractivity contribution in [2.24, 2.45) is 0 Å². The van der Waals surface area contributed by atoms with Gasteiger partial charge in [0.25, 0.3) is 5.69 Å². The van der Waals surface area contributed by atoms with E-state index in [1.54, 1.807) is 23.5 Å². The highest BCUT2D eigenvalue weighted by atomic mass is 32.2. The molecule has 0 fully saturated rings. The van der Waals surface area contributed by atoms with Crippen molar-refractivity contribution in [3.05, 3.63) is 82.5 Å². The first-order valence-electron chi connectivity index (χ1n) is 10.1. The van der Waals surface area contributed by atoms with Gasteiger partial charge in [-0.25, -0.2) is 9.97 Å². The molecule has 2 aromatic carbocycles. The van der Waals surface area contributed by atoms with Crippen molar-refractivity contribution < 1.29 is 9.34 Å². The van der Waals surface area contributed by atoms with E-state index >= 15 is 0 Å². The van der Waals surface area contributed by atoms with Crippen LogP contribution in [0.15, 0.2) is 70.1 Å². The Morgan fingerprint density at radius 2 is 1.79 bits per heavy atom. The van der Waals surface area contributed by atoms with Crippen LogP contribution in [0.5, 0.6) is 0 Å². The highest BCUT2D eigenvalue weighted by Crippen LogP contribution is 2.41. The summed E-state index contributed by atoms with van der Waals surface area (Å²) in [7, 11) is 0. The summed E-state index contributed by atoms with van der Waals surface area (Å²) < 4.78 is 5.87. The van der Waals surface area contributed by atoms with Gasteiger partial charge in [-0.05, 0) is 37.6 Å². The molecule has 5 aromatic rings. The number of fused-ring (bicyclic) bond motifs is 1. The number of hydrogen-bond acceptors (Lipinski definition) is 9. The first-order chi connectivity index (χ1) is 16.0. The number of rotatable bonds is 6. The Morgan fingerprint density at radius 3 is 2.52 bits per heavy atom. The number of thioether (sulfide) groups is 1. The number of nitrogens with zero attached hydrogens (tertiary/aromatic N) is 5. The first kappa shape index (κ1) is 21.2. The van der Waals surface area contributed by atoms with Crippen LogP contribution in [0.1, 0.15) is 23.9 Å². The second-order valence-electron chi connectivity index (χ2n) is 7.28. The molecule has 0 radical (unpaired) electrons. The molecule has 0 aliphatic rings. The molecule has 1 atom stereocenters. The molecule has 33 heavy (non-hydrogen) atoms. The molecule has 0 saturated carbocycles. The van der Waals surface area contributed by atoms with E-state index in [4.69, 9.17) is 4.42 Å². The van der Waals surface area contributed by atoms with Gasteiger partial charge in [0.15, 0.2) is 0 Å². The highest BCUT2D eigenvalue weighted by molar-refractivity contribution is 7.99. The summed E-state index contributed by atoms with van der Waals surface area (Å²) in [6.07, 6.45) is 0. The summed E-state index contributed by atoms with van der Waals surface area (Å²) in [5, 5.41) is 20.9. The highest BCUT2D eigenvalue weighted by Gasteiger charge is 2.20. The predicted octanol–water partition coefficient (Wildman–Crippen LogP) is 6.48. The van der Waals surface area contributed by atoms with Crippen LogP contribution in [-0.4, -0.2) is 25.1 Å². The van der Waals surface area contributed by atoms with Crippen molar-refractivity contribution in [2.75, 3.05) is 0 Å². The van der Waals surface area contributed by atoms with Crippen molar-refractivity contribution in [1.29, 1.82) is 0 Å². The molecule has 8 nitrogen and oxygen atoms in total. The zero-order chi connectivity index (χ0) is 22.9. The quantitative estimate of drug-likeness (QED) is 0.119. The zero-order valence-electron chi connectivity index (χ0n) is 17.6. The van der Waals surface area contributed by atoms with E-state index in [9.17, 15) is 10.1 Å². The monoisotopic (exact) mass is 475 g/mol. The molecule has 1 unspecified atom stereocenters. The van der Waals surface area contributed by atoms with Gasteiger partial charge in [0, 0.05) is 28.0 Å². The van der Waals surface area contributed by atoms with E-state index in [2.05, 4.69) is 38.4 Å². The number of aromatic nitrogens is 4. The fourth-order valence-electron chi connectivity index (χ4n) is 3.29. The number of hydrogen-bond donors (Lipinski definition) is 0. The molecule has 0 aliphatic heterocycles. The SMILES string of the molecule is Cc1nc(SC(C)c2nnc(-c3ccc([N+](=O)[O-])cc3)o2)c2cc(-c3ccccc3)sc2n1. The van der Waals surface area contributed by atoms with Crippen LogP contribution in [0.25, 0.3) is 32.1 Å². The summed E-state index contributed by atoms with van der Waals surface area (Å²) in [5.41, 5.74) is 1.78. The van der Waals surface area contributed by atoms with Crippen LogP contribution < -0.4 is 0 Å². The van der Waals surface area contributed by atoms with Crippen molar-refractivity contribution >= 4 is 39.0 Å². The minimum absolute atomic E-state index is 0.0104. The maximum atomic E-state index is 10.9. The molecule has 3 heterocycles. The maximum absolute atomic E-state index is 10.9. The Labute approximate surface area is 196 Å². The fourth-order valence-corrected chi connectivity index (χ4v) is 5.44. The average molecular weight is 476 g/mol. The van der Waals surface area contributed by atoms with Crippen molar-refractivity contribution in [2.45, 2.75) is 24.1 Å². The van der Waals surface area contributed by atoms with Gasteiger partial charge >= 0.3 is 0 Å². The lowest BCUT2D eigenvalue weighted by molar-refractivity contribution is -0.384. The van der Waals surface area contributed by atoms with E-state index in [1.165, 1.54) is 23.9 Å². The standard InChI is InChI=1S/C23H17N5O3S2/c1-13(20-26-27-21(31-20)16-8-10-17(11-9-16)28(29)30)32-22-18-12-19(15-6-4-3-5-7-15)33-23(18)25-14(2)24-22/h3-13H,1-2H3. The molecule has 0 bridgehead atoms. The van der Waals surface area contributed by atoms with E-state index in [0.29, 0.717) is 23.2 Å². The third kappa shape index (κ3) is 4.35. The molecule has 10 heteroatoms. The molecule has 0 amide bonds. The van der Waals surface area contributed by atoms with Crippen LogP contribution in [0.3, 0.4) is 0 Å². The third-order valence-electron chi connectivity index (χ3n) is 4.93. The van der Waals surface area contributed by atoms with Crippen molar-refractivity contribution in [3.8, 4) is 21.9 Å².